The van der Waals surface area contributed by atoms with E-state index < -0.39 is 0 Å². The van der Waals surface area contributed by atoms with Gasteiger partial charge in [-0.25, -0.2) is 4.39 Å². The minimum atomic E-state index is -0.236. The molecule has 24 heavy (non-hydrogen) atoms. The molecule has 0 radical (unpaired) electrons. The first-order valence-electron chi connectivity index (χ1n) is 8.36. The number of hydrogen-bond acceptors (Lipinski definition) is 4. The summed E-state index contributed by atoms with van der Waals surface area (Å²) in [7, 11) is 4.14. The Kier molecular flexibility index (Phi) is 5.28. The molecule has 1 aliphatic heterocycles. The predicted octanol–water partition coefficient (Wildman–Crippen LogP) is 1.96. The van der Waals surface area contributed by atoms with Crippen molar-refractivity contribution in [2.45, 2.75) is 19.0 Å². The number of rotatable bonds is 5. The van der Waals surface area contributed by atoms with Gasteiger partial charge in [0.1, 0.15) is 5.82 Å². The van der Waals surface area contributed by atoms with E-state index >= 15 is 0 Å². The minimum Gasteiger partial charge on any atom is -0.396 e. The van der Waals surface area contributed by atoms with Gasteiger partial charge in [-0.15, -0.1) is 0 Å². The normalized spacial score (nSPS) is 22.2. The molecule has 2 aromatic rings. The molecule has 1 saturated heterocycles. The molecular weight excluding hydrogens is 307 g/mol. The molecule has 0 spiro atoms. The first-order chi connectivity index (χ1) is 11.6. The third kappa shape index (κ3) is 3.66. The summed E-state index contributed by atoms with van der Waals surface area (Å²) in [6.07, 6.45) is 2.84. The Balaban J connectivity index is 1.73. The van der Waals surface area contributed by atoms with Crippen LogP contribution in [-0.2, 0) is 6.54 Å². The molecule has 6 heteroatoms. The summed E-state index contributed by atoms with van der Waals surface area (Å²) in [6.45, 7) is 2.92. The summed E-state index contributed by atoms with van der Waals surface area (Å²) in [4.78, 5) is 4.60. The molecule has 5 nitrogen and oxygen atoms in total. The Labute approximate surface area is 142 Å². The van der Waals surface area contributed by atoms with Crippen molar-refractivity contribution in [3.63, 3.8) is 0 Å². The first-order valence-corrected chi connectivity index (χ1v) is 8.36. The van der Waals surface area contributed by atoms with Crippen molar-refractivity contribution < 1.29 is 9.50 Å². The van der Waals surface area contributed by atoms with Crippen LogP contribution in [0.15, 0.2) is 30.5 Å². The van der Waals surface area contributed by atoms with Gasteiger partial charge in [-0.2, -0.15) is 5.10 Å². The highest BCUT2D eigenvalue weighted by Gasteiger charge is 2.30. The van der Waals surface area contributed by atoms with Gasteiger partial charge in [0.15, 0.2) is 0 Å². The fourth-order valence-corrected chi connectivity index (χ4v) is 3.53. The van der Waals surface area contributed by atoms with Crippen LogP contribution in [0.25, 0.3) is 11.3 Å². The molecule has 0 unspecified atom stereocenters. The average Bonchev–Trinajstić information content (AvgIpc) is 3.03. The smallest absolute Gasteiger partial charge is 0.123 e. The molecule has 0 saturated carbocycles. The van der Waals surface area contributed by atoms with Gasteiger partial charge < -0.3 is 10.0 Å². The number of halogens is 1. The number of benzene rings is 1. The van der Waals surface area contributed by atoms with Crippen molar-refractivity contribution in [3.8, 4) is 11.3 Å². The maximum Gasteiger partial charge on any atom is 0.123 e. The number of hydrogen-bond donors (Lipinski definition) is 2. The van der Waals surface area contributed by atoms with Crippen molar-refractivity contribution in [1.29, 1.82) is 0 Å². The molecule has 1 aromatic heterocycles. The summed E-state index contributed by atoms with van der Waals surface area (Å²) in [5, 5.41) is 16.8. The molecule has 130 valence electrons. The fraction of sp³-hybridized carbons (Fsp3) is 0.500. The number of aromatic nitrogens is 2. The van der Waals surface area contributed by atoms with Gasteiger partial charge in [0.2, 0.25) is 0 Å². The molecule has 1 fully saturated rings. The maximum atomic E-state index is 13.1. The average molecular weight is 332 g/mol. The number of nitrogens with zero attached hydrogens (tertiary/aromatic N) is 3. The predicted molar refractivity (Wildman–Crippen MR) is 91.9 cm³/mol. The number of aliphatic hydroxyl groups is 1. The third-order valence-corrected chi connectivity index (χ3v) is 4.95. The summed E-state index contributed by atoms with van der Waals surface area (Å²) in [5.74, 6) is 0.0943. The van der Waals surface area contributed by atoms with Crippen molar-refractivity contribution in [2.75, 3.05) is 33.8 Å². The zero-order valence-corrected chi connectivity index (χ0v) is 14.2. The van der Waals surface area contributed by atoms with Gasteiger partial charge in [-0.3, -0.25) is 10.00 Å². The van der Waals surface area contributed by atoms with Gasteiger partial charge in [-0.1, -0.05) is 0 Å². The maximum absolute atomic E-state index is 13.1. The Morgan fingerprint density at radius 3 is 2.75 bits per heavy atom. The van der Waals surface area contributed by atoms with E-state index in [1.54, 1.807) is 12.1 Å². The van der Waals surface area contributed by atoms with Crippen LogP contribution in [0.5, 0.6) is 0 Å². The van der Waals surface area contributed by atoms with Crippen LogP contribution in [-0.4, -0.2) is 64.9 Å². The van der Waals surface area contributed by atoms with Crippen LogP contribution >= 0.6 is 0 Å². The highest BCUT2D eigenvalue weighted by atomic mass is 19.1. The Hall–Kier alpha value is -1.76. The lowest BCUT2D eigenvalue weighted by molar-refractivity contribution is 0.0461. The lowest BCUT2D eigenvalue weighted by Crippen LogP contribution is -2.51. The van der Waals surface area contributed by atoms with E-state index in [2.05, 4.69) is 34.1 Å². The van der Waals surface area contributed by atoms with Gasteiger partial charge in [0.25, 0.3) is 0 Å². The zero-order valence-electron chi connectivity index (χ0n) is 14.2. The topological polar surface area (TPSA) is 55.4 Å². The number of piperidine rings is 1. The van der Waals surface area contributed by atoms with Gasteiger partial charge >= 0.3 is 0 Å². The summed E-state index contributed by atoms with van der Waals surface area (Å²) < 4.78 is 13.1. The van der Waals surface area contributed by atoms with Crippen molar-refractivity contribution in [2.24, 2.45) is 5.92 Å². The lowest BCUT2D eigenvalue weighted by atomic mass is 9.91. The van der Waals surface area contributed by atoms with E-state index in [9.17, 15) is 9.50 Å². The first kappa shape index (κ1) is 17.1. The van der Waals surface area contributed by atoms with Crippen LogP contribution < -0.4 is 0 Å². The summed E-state index contributed by atoms with van der Waals surface area (Å²) in [6, 6.07) is 6.83. The number of H-pyrrole nitrogens is 1. The van der Waals surface area contributed by atoms with Crippen LogP contribution in [0.2, 0.25) is 0 Å². The number of likely N-dealkylation sites (N-methyl/N-ethyl adjacent to an activating group) is 1. The van der Waals surface area contributed by atoms with E-state index in [1.165, 1.54) is 12.1 Å². The quantitative estimate of drug-likeness (QED) is 0.879. The largest absolute Gasteiger partial charge is 0.396 e. The standard InChI is InChI=1S/C18H25FN4O/c1-22(2)17-11-23(8-7-14(17)12-24)10-15-9-20-21-18(15)13-3-5-16(19)6-4-13/h3-6,9,14,17,24H,7-8,10-12H2,1-2H3,(H,20,21)/t14-,17-/m1/s1. The van der Waals surface area contributed by atoms with Crippen molar-refractivity contribution >= 4 is 0 Å². The molecular formula is C18H25FN4O. The molecule has 3 rings (SSSR count). The van der Waals surface area contributed by atoms with E-state index in [1.807, 2.05) is 6.20 Å². The lowest BCUT2D eigenvalue weighted by Gasteiger charge is -2.41. The van der Waals surface area contributed by atoms with Crippen LogP contribution in [0, 0.1) is 11.7 Å². The number of aliphatic hydroxyl groups excluding tert-OH is 1. The second kappa shape index (κ2) is 7.42. The minimum absolute atomic E-state index is 0.236. The van der Waals surface area contributed by atoms with E-state index in [0.717, 1.165) is 42.9 Å². The monoisotopic (exact) mass is 332 g/mol. The molecule has 2 heterocycles. The highest BCUT2D eigenvalue weighted by Crippen LogP contribution is 2.26. The zero-order chi connectivity index (χ0) is 17.1. The van der Waals surface area contributed by atoms with Crippen molar-refractivity contribution in [1.82, 2.24) is 20.0 Å². The van der Waals surface area contributed by atoms with Crippen molar-refractivity contribution in [3.05, 3.63) is 41.8 Å². The molecule has 1 aromatic carbocycles. The Bertz CT molecular complexity index is 655. The molecule has 1 aliphatic rings. The molecule has 0 aliphatic carbocycles. The molecule has 0 amide bonds. The Morgan fingerprint density at radius 2 is 2.08 bits per heavy atom. The van der Waals surface area contributed by atoms with E-state index in [-0.39, 0.29) is 12.4 Å². The second-order valence-corrected chi connectivity index (χ2v) is 6.77. The molecule has 0 bridgehead atoms. The van der Waals surface area contributed by atoms with Crippen LogP contribution in [0.3, 0.4) is 0 Å². The number of likely N-dealkylation sites (tertiary alicyclic amines) is 1. The van der Waals surface area contributed by atoms with Gasteiger partial charge in [0, 0.05) is 36.9 Å². The SMILES string of the molecule is CN(C)[C@@H]1CN(Cc2cn[nH]c2-c2ccc(F)cc2)CC[C@@H]1CO. The van der Waals surface area contributed by atoms with Crippen LogP contribution in [0.4, 0.5) is 4.39 Å². The Morgan fingerprint density at radius 1 is 1.33 bits per heavy atom. The molecule has 2 N–H and O–H groups in total. The fourth-order valence-electron chi connectivity index (χ4n) is 3.53. The highest BCUT2D eigenvalue weighted by molar-refractivity contribution is 5.62. The van der Waals surface area contributed by atoms with E-state index in [0.29, 0.717) is 12.0 Å². The van der Waals surface area contributed by atoms with Gasteiger partial charge in [0.05, 0.1) is 11.9 Å². The summed E-state index contributed by atoms with van der Waals surface area (Å²) in [5.41, 5.74) is 3.00. The summed E-state index contributed by atoms with van der Waals surface area (Å²) >= 11 is 0. The number of nitrogens with one attached hydrogen (secondary N) is 1. The van der Waals surface area contributed by atoms with Gasteiger partial charge in [-0.05, 0) is 57.2 Å². The second-order valence-electron chi connectivity index (χ2n) is 6.77. The van der Waals surface area contributed by atoms with E-state index in [4.69, 9.17) is 0 Å². The third-order valence-electron chi connectivity index (χ3n) is 4.95. The molecule has 2 atom stereocenters. The van der Waals surface area contributed by atoms with Crippen LogP contribution in [0.1, 0.15) is 12.0 Å². The number of aromatic amines is 1.